The van der Waals surface area contributed by atoms with Crippen LogP contribution in [0, 0.1) is 6.92 Å². The minimum Gasteiger partial charge on any atom is -0.481 e. The van der Waals surface area contributed by atoms with Gasteiger partial charge < -0.3 is 15.0 Å². The molecule has 0 fully saturated rings. The van der Waals surface area contributed by atoms with Gasteiger partial charge in [0, 0.05) is 12.1 Å². The molecule has 19 heavy (non-hydrogen) atoms. The van der Waals surface area contributed by atoms with Crippen LogP contribution in [0.25, 0.3) is 11.2 Å². The Balaban J connectivity index is 2.08. The molecule has 0 radical (unpaired) electrons. The summed E-state index contributed by atoms with van der Waals surface area (Å²) in [7, 11) is 1.57. The van der Waals surface area contributed by atoms with E-state index in [9.17, 15) is 0 Å². The number of imidazole rings is 1. The molecule has 0 bridgehead atoms. The molecular weight excluding hydrogens is 246 g/mol. The molecule has 0 aliphatic rings. The second-order valence-electron chi connectivity index (χ2n) is 4.18. The standard InChI is InChI=1S/C12H13N5O2/c1-7-5-8(16-19-7)6-17-11-9(14-12(17)13)3-4-10(15-11)18-2/h3-5H,6H2,1-2H3,(H2,13,14). The molecule has 0 aromatic carbocycles. The number of nitrogen functional groups attached to an aromatic ring is 1. The highest BCUT2D eigenvalue weighted by molar-refractivity contribution is 5.74. The van der Waals surface area contributed by atoms with Gasteiger partial charge in [-0.2, -0.15) is 4.98 Å². The predicted octanol–water partition coefficient (Wildman–Crippen LogP) is 1.37. The van der Waals surface area contributed by atoms with E-state index < -0.39 is 0 Å². The fraction of sp³-hybridized carbons (Fsp3) is 0.250. The van der Waals surface area contributed by atoms with Crippen molar-refractivity contribution >= 4 is 17.1 Å². The van der Waals surface area contributed by atoms with E-state index in [4.69, 9.17) is 15.0 Å². The van der Waals surface area contributed by atoms with Crippen molar-refractivity contribution in [3.63, 3.8) is 0 Å². The van der Waals surface area contributed by atoms with Gasteiger partial charge in [0.2, 0.25) is 11.8 Å². The van der Waals surface area contributed by atoms with Gasteiger partial charge in [-0.25, -0.2) is 4.98 Å². The van der Waals surface area contributed by atoms with Crippen molar-refractivity contribution in [3.05, 3.63) is 29.7 Å². The molecule has 0 aliphatic heterocycles. The quantitative estimate of drug-likeness (QED) is 0.763. The molecule has 3 heterocycles. The number of aromatic nitrogens is 4. The Morgan fingerprint density at radius 3 is 2.89 bits per heavy atom. The molecule has 0 saturated carbocycles. The number of fused-ring (bicyclic) bond motifs is 1. The zero-order valence-electron chi connectivity index (χ0n) is 10.6. The average Bonchev–Trinajstić information content (AvgIpc) is 2.94. The summed E-state index contributed by atoms with van der Waals surface area (Å²) in [6.07, 6.45) is 0. The monoisotopic (exact) mass is 259 g/mol. The third-order valence-corrected chi connectivity index (χ3v) is 2.80. The van der Waals surface area contributed by atoms with Crippen LogP contribution in [-0.4, -0.2) is 26.8 Å². The molecule has 2 N–H and O–H groups in total. The lowest BCUT2D eigenvalue weighted by molar-refractivity contribution is 0.389. The van der Waals surface area contributed by atoms with Gasteiger partial charge in [-0.05, 0) is 13.0 Å². The minimum absolute atomic E-state index is 0.386. The summed E-state index contributed by atoms with van der Waals surface area (Å²) in [5.74, 6) is 1.66. The van der Waals surface area contributed by atoms with Gasteiger partial charge in [0.1, 0.15) is 17.0 Å². The van der Waals surface area contributed by atoms with Crippen molar-refractivity contribution < 1.29 is 9.26 Å². The molecule has 0 amide bonds. The number of anilines is 1. The van der Waals surface area contributed by atoms with Gasteiger partial charge in [-0.1, -0.05) is 5.16 Å². The Labute approximate surface area is 109 Å². The number of hydrogen-bond donors (Lipinski definition) is 1. The van der Waals surface area contributed by atoms with Crippen molar-refractivity contribution in [3.8, 4) is 5.88 Å². The van der Waals surface area contributed by atoms with E-state index in [1.54, 1.807) is 17.7 Å². The van der Waals surface area contributed by atoms with Gasteiger partial charge in [-0.3, -0.25) is 4.57 Å². The van der Waals surface area contributed by atoms with Gasteiger partial charge in [0.15, 0.2) is 5.65 Å². The molecule has 0 spiro atoms. The first kappa shape index (κ1) is 11.5. The van der Waals surface area contributed by atoms with E-state index in [2.05, 4.69) is 15.1 Å². The Bertz CT molecular complexity index is 731. The SMILES string of the molecule is COc1ccc2nc(N)n(Cc3cc(C)on3)c2n1. The van der Waals surface area contributed by atoms with E-state index >= 15 is 0 Å². The van der Waals surface area contributed by atoms with Crippen molar-refractivity contribution in [2.45, 2.75) is 13.5 Å². The number of nitrogens with zero attached hydrogens (tertiary/aromatic N) is 4. The van der Waals surface area contributed by atoms with Crippen molar-refractivity contribution in [1.82, 2.24) is 19.7 Å². The summed E-state index contributed by atoms with van der Waals surface area (Å²) in [6, 6.07) is 5.42. The second kappa shape index (κ2) is 4.27. The number of pyridine rings is 1. The Morgan fingerprint density at radius 2 is 2.21 bits per heavy atom. The molecule has 0 saturated heterocycles. The van der Waals surface area contributed by atoms with Crippen molar-refractivity contribution in [2.75, 3.05) is 12.8 Å². The number of rotatable bonds is 3. The van der Waals surface area contributed by atoms with Crippen molar-refractivity contribution in [2.24, 2.45) is 0 Å². The maximum Gasteiger partial charge on any atom is 0.215 e. The third kappa shape index (κ3) is 1.99. The van der Waals surface area contributed by atoms with Crippen LogP contribution in [-0.2, 0) is 6.54 Å². The van der Waals surface area contributed by atoms with Crippen LogP contribution >= 0.6 is 0 Å². The smallest absolute Gasteiger partial charge is 0.215 e. The first-order chi connectivity index (χ1) is 9.17. The van der Waals surface area contributed by atoms with Crippen molar-refractivity contribution in [1.29, 1.82) is 0 Å². The van der Waals surface area contributed by atoms with Gasteiger partial charge in [0.25, 0.3) is 0 Å². The van der Waals surface area contributed by atoms with Gasteiger partial charge in [-0.15, -0.1) is 0 Å². The number of aryl methyl sites for hydroxylation is 1. The minimum atomic E-state index is 0.386. The molecular formula is C12H13N5O2. The molecule has 7 nitrogen and oxygen atoms in total. The Hall–Kier alpha value is -2.57. The van der Waals surface area contributed by atoms with E-state index in [0.29, 0.717) is 24.0 Å². The zero-order valence-corrected chi connectivity index (χ0v) is 10.6. The fourth-order valence-electron chi connectivity index (χ4n) is 1.93. The van der Waals surface area contributed by atoms with Crippen LogP contribution in [0.3, 0.4) is 0 Å². The predicted molar refractivity (Wildman–Crippen MR) is 68.8 cm³/mol. The normalized spacial score (nSPS) is 11.1. The lowest BCUT2D eigenvalue weighted by atomic mass is 10.3. The second-order valence-corrected chi connectivity index (χ2v) is 4.18. The number of nitrogens with two attached hydrogens (primary N) is 1. The van der Waals surface area contributed by atoms with Gasteiger partial charge in [0.05, 0.1) is 13.7 Å². The molecule has 3 rings (SSSR count). The summed E-state index contributed by atoms with van der Waals surface area (Å²) in [4.78, 5) is 8.61. The average molecular weight is 259 g/mol. The van der Waals surface area contributed by atoms with Crippen LogP contribution in [0.4, 0.5) is 5.95 Å². The first-order valence-corrected chi connectivity index (χ1v) is 5.76. The number of hydrogen-bond acceptors (Lipinski definition) is 6. The largest absolute Gasteiger partial charge is 0.481 e. The summed E-state index contributed by atoms with van der Waals surface area (Å²) < 4.78 is 11.9. The molecule has 0 unspecified atom stereocenters. The molecule has 98 valence electrons. The van der Waals surface area contributed by atoms with E-state index in [-0.39, 0.29) is 0 Å². The van der Waals surface area contributed by atoms with Crippen LogP contribution in [0.2, 0.25) is 0 Å². The molecule has 7 heteroatoms. The topological polar surface area (TPSA) is 92.0 Å². The van der Waals surface area contributed by atoms with E-state index in [1.807, 2.05) is 19.1 Å². The fourth-order valence-corrected chi connectivity index (χ4v) is 1.93. The lowest BCUT2D eigenvalue weighted by Gasteiger charge is -2.03. The Morgan fingerprint density at radius 1 is 1.37 bits per heavy atom. The van der Waals surface area contributed by atoms with Gasteiger partial charge >= 0.3 is 0 Å². The third-order valence-electron chi connectivity index (χ3n) is 2.80. The van der Waals surface area contributed by atoms with Crippen LogP contribution < -0.4 is 10.5 Å². The van der Waals surface area contributed by atoms with E-state index in [1.165, 1.54) is 0 Å². The summed E-state index contributed by atoms with van der Waals surface area (Å²) in [5.41, 5.74) is 8.07. The van der Waals surface area contributed by atoms with Crippen LogP contribution in [0.15, 0.2) is 22.7 Å². The Kier molecular flexibility index (Phi) is 2.59. The van der Waals surface area contributed by atoms with Crippen LogP contribution in [0.1, 0.15) is 11.5 Å². The lowest BCUT2D eigenvalue weighted by Crippen LogP contribution is -2.05. The van der Waals surface area contributed by atoms with E-state index in [0.717, 1.165) is 17.0 Å². The highest BCUT2D eigenvalue weighted by Crippen LogP contribution is 2.20. The summed E-state index contributed by atoms with van der Waals surface area (Å²) in [5, 5.41) is 3.94. The molecule has 3 aromatic rings. The zero-order chi connectivity index (χ0) is 13.4. The summed E-state index contributed by atoms with van der Waals surface area (Å²) in [6.45, 7) is 2.30. The summed E-state index contributed by atoms with van der Waals surface area (Å²) >= 11 is 0. The molecule has 0 atom stereocenters. The highest BCUT2D eigenvalue weighted by atomic mass is 16.5. The maximum atomic E-state index is 5.91. The highest BCUT2D eigenvalue weighted by Gasteiger charge is 2.12. The number of methoxy groups -OCH3 is 1. The molecule has 3 aromatic heterocycles. The van der Waals surface area contributed by atoms with Crippen LogP contribution in [0.5, 0.6) is 5.88 Å². The first-order valence-electron chi connectivity index (χ1n) is 5.76. The number of ether oxygens (including phenoxy) is 1. The molecule has 0 aliphatic carbocycles. The maximum absolute atomic E-state index is 5.91.